The Hall–Kier alpha value is -1.42. The minimum atomic E-state index is -3.76. The third kappa shape index (κ3) is 3.32. The van der Waals surface area contributed by atoms with Gasteiger partial charge in [-0.3, -0.25) is 4.79 Å². The molecule has 0 aliphatic carbocycles. The molecular formula is C9H9ClN4O3S2. The van der Waals surface area contributed by atoms with Crippen LogP contribution in [0.1, 0.15) is 5.69 Å². The number of aromatic amines is 1. The molecule has 0 spiro atoms. The number of nitrogens with two attached hydrogens (primary N) is 1. The number of sulfonamides is 1. The molecule has 0 amide bonds. The number of hydrogen-bond acceptors (Lipinski definition) is 6. The van der Waals surface area contributed by atoms with E-state index in [1.165, 1.54) is 6.07 Å². The van der Waals surface area contributed by atoms with E-state index in [1.807, 2.05) is 0 Å². The van der Waals surface area contributed by atoms with Gasteiger partial charge in [-0.25, -0.2) is 18.1 Å². The lowest BCUT2D eigenvalue weighted by Gasteiger charge is -2.06. The Morgan fingerprint density at radius 2 is 2.26 bits per heavy atom. The van der Waals surface area contributed by atoms with Crippen molar-refractivity contribution in [3.63, 3.8) is 0 Å². The van der Waals surface area contributed by atoms with Gasteiger partial charge in [0.05, 0.1) is 11.6 Å². The number of H-pyrrole nitrogens is 1. The molecule has 0 aliphatic heterocycles. The van der Waals surface area contributed by atoms with Crippen molar-refractivity contribution in [2.24, 2.45) is 0 Å². The van der Waals surface area contributed by atoms with E-state index in [0.717, 1.165) is 17.5 Å². The summed E-state index contributed by atoms with van der Waals surface area (Å²) < 4.78 is 26.2. The largest absolute Gasteiger partial charge is 0.382 e. The number of nitrogen functional groups attached to an aromatic ring is 1. The number of halogens is 1. The van der Waals surface area contributed by atoms with E-state index in [2.05, 4.69) is 14.7 Å². The summed E-state index contributed by atoms with van der Waals surface area (Å²) in [7, 11) is -3.76. The number of rotatable bonds is 4. The zero-order chi connectivity index (χ0) is 14.0. The fourth-order valence-electron chi connectivity index (χ4n) is 1.23. The number of pyridine rings is 1. The summed E-state index contributed by atoms with van der Waals surface area (Å²) in [6.45, 7) is -0.0247. The molecule has 2 rings (SSSR count). The maximum atomic E-state index is 11.9. The number of hydrogen-bond donors (Lipinski definition) is 3. The Kier molecular flexibility index (Phi) is 3.90. The van der Waals surface area contributed by atoms with E-state index in [9.17, 15) is 13.2 Å². The van der Waals surface area contributed by atoms with E-state index in [-0.39, 0.29) is 27.2 Å². The average molecular weight is 321 g/mol. The van der Waals surface area contributed by atoms with Crippen LogP contribution in [0.15, 0.2) is 27.3 Å². The van der Waals surface area contributed by atoms with Gasteiger partial charge in [0.2, 0.25) is 10.0 Å². The monoisotopic (exact) mass is 320 g/mol. The zero-order valence-electron chi connectivity index (χ0n) is 9.38. The molecule has 0 unspecified atom stereocenters. The van der Waals surface area contributed by atoms with Crippen LogP contribution in [0.3, 0.4) is 0 Å². The molecule has 0 radical (unpaired) electrons. The fraction of sp³-hybridized carbons (Fsp3) is 0.111. The third-order valence-corrected chi connectivity index (χ3v) is 4.57. The zero-order valence-corrected chi connectivity index (χ0v) is 11.8. The van der Waals surface area contributed by atoms with Crippen LogP contribution >= 0.6 is 22.9 Å². The summed E-state index contributed by atoms with van der Waals surface area (Å²) in [5.41, 5.74) is 5.88. The minimum Gasteiger partial charge on any atom is -0.382 e. The summed E-state index contributed by atoms with van der Waals surface area (Å²) in [6.07, 6.45) is 1.11. The van der Waals surface area contributed by atoms with Crippen molar-refractivity contribution in [3.05, 3.63) is 38.0 Å². The maximum absolute atomic E-state index is 11.9. The molecular weight excluding hydrogens is 312 g/mol. The Balaban J connectivity index is 2.18. The molecule has 0 saturated heterocycles. The van der Waals surface area contributed by atoms with Crippen LogP contribution in [0.5, 0.6) is 0 Å². The molecule has 10 heteroatoms. The summed E-state index contributed by atoms with van der Waals surface area (Å²) in [5.74, 6) is 0.0581. The molecule has 19 heavy (non-hydrogen) atoms. The molecule has 0 saturated carbocycles. The molecule has 2 heterocycles. The Morgan fingerprint density at radius 3 is 2.84 bits per heavy atom. The van der Waals surface area contributed by atoms with Gasteiger partial charge < -0.3 is 10.7 Å². The lowest BCUT2D eigenvalue weighted by Crippen LogP contribution is -2.24. The Morgan fingerprint density at radius 1 is 1.53 bits per heavy atom. The standard InChI is InChI=1S/C9H9ClN4O3S2/c10-7-1-6(3-12-8(7)11)19(16,17)13-2-5-4-18-9(15)14-5/h1,3-4,13H,2H2,(H2,11,12)(H,14,15). The average Bonchev–Trinajstić information content (AvgIpc) is 2.76. The van der Waals surface area contributed by atoms with Crippen molar-refractivity contribution < 1.29 is 8.42 Å². The van der Waals surface area contributed by atoms with Crippen molar-refractivity contribution in [1.82, 2.24) is 14.7 Å². The smallest absolute Gasteiger partial charge is 0.304 e. The van der Waals surface area contributed by atoms with Crippen molar-refractivity contribution in [2.75, 3.05) is 5.73 Å². The first-order valence-corrected chi connectivity index (χ1v) is 7.70. The van der Waals surface area contributed by atoms with Gasteiger partial charge in [0.1, 0.15) is 10.7 Å². The lowest BCUT2D eigenvalue weighted by atomic mass is 10.5. The van der Waals surface area contributed by atoms with Crippen LogP contribution in [0.2, 0.25) is 5.02 Å². The van der Waals surface area contributed by atoms with E-state index in [0.29, 0.717) is 5.69 Å². The Bertz CT molecular complexity index is 753. The van der Waals surface area contributed by atoms with Crippen LogP contribution in [-0.2, 0) is 16.6 Å². The van der Waals surface area contributed by atoms with Crippen LogP contribution in [0.4, 0.5) is 5.82 Å². The summed E-state index contributed by atoms with van der Waals surface area (Å²) in [4.78, 5) is 16.7. The van der Waals surface area contributed by atoms with Crippen molar-refractivity contribution in [3.8, 4) is 0 Å². The number of thiazole rings is 1. The molecule has 4 N–H and O–H groups in total. The fourth-order valence-corrected chi connectivity index (χ4v) is 3.02. The minimum absolute atomic E-state index is 0.0247. The maximum Gasteiger partial charge on any atom is 0.304 e. The van der Waals surface area contributed by atoms with Gasteiger partial charge in [-0.1, -0.05) is 22.9 Å². The van der Waals surface area contributed by atoms with Gasteiger partial charge in [-0.15, -0.1) is 0 Å². The van der Waals surface area contributed by atoms with Crippen molar-refractivity contribution in [2.45, 2.75) is 11.4 Å². The highest BCUT2D eigenvalue weighted by atomic mass is 35.5. The summed E-state index contributed by atoms with van der Waals surface area (Å²) in [6, 6.07) is 1.21. The lowest BCUT2D eigenvalue weighted by molar-refractivity contribution is 0.580. The predicted octanol–water partition coefficient (Wildman–Crippen LogP) is 0.546. The SMILES string of the molecule is Nc1ncc(S(=O)(=O)NCc2csc(=O)[nH]2)cc1Cl. The molecule has 7 nitrogen and oxygen atoms in total. The van der Waals surface area contributed by atoms with Gasteiger partial charge in [0.15, 0.2) is 0 Å². The van der Waals surface area contributed by atoms with E-state index in [1.54, 1.807) is 5.38 Å². The topological polar surface area (TPSA) is 118 Å². The second-order valence-electron chi connectivity index (χ2n) is 3.54. The molecule has 0 aromatic carbocycles. The van der Waals surface area contributed by atoms with Gasteiger partial charge in [0, 0.05) is 17.3 Å². The molecule has 2 aromatic heterocycles. The van der Waals surface area contributed by atoms with Gasteiger partial charge in [0.25, 0.3) is 0 Å². The van der Waals surface area contributed by atoms with Gasteiger partial charge >= 0.3 is 4.87 Å². The molecule has 0 atom stereocenters. The highest BCUT2D eigenvalue weighted by Gasteiger charge is 2.16. The quantitative estimate of drug-likeness (QED) is 0.760. The third-order valence-electron chi connectivity index (χ3n) is 2.18. The molecule has 0 fully saturated rings. The highest BCUT2D eigenvalue weighted by Crippen LogP contribution is 2.19. The van der Waals surface area contributed by atoms with Crippen molar-refractivity contribution in [1.29, 1.82) is 0 Å². The number of nitrogens with zero attached hydrogens (tertiary/aromatic N) is 1. The van der Waals surface area contributed by atoms with Crippen molar-refractivity contribution >= 4 is 38.8 Å². The molecule has 2 aromatic rings. The molecule has 0 bridgehead atoms. The first kappa shape index (κ1) is 14.0. The summed E-state index contributed by atoms with van der Waals surface area (Å²) in [5, 5.41) is 1.60. The number of anilines is 1. The second kappa shape index (κ2) is 5.29. The van der Waals surface area contributed by atoms with Crippen LogP contribution < -0.4 is 15.3 Å². The number of aromatic nitrogens is 2. The van der Waals surface area contributed by atoms with E-state index < -0.39 is 10.0 Å². The second-order valence-corrected chi connectivity index (χ2v) is 6.55. The van der Waals surface area contributed by atoms with Crippen LogP contribution in [0, 0.1) is 0 Å². The van der Waals surface area contributed by atoms with Gasteiger partial charge in [-0.2, -0.15) is 0 Å². The first-order valence-electron chi connectivity index (χ1n) is 4.96. The van der Waals surface area contributed by atoms with Crippen LogP contribution in [-0.4, -0.2) is 18.4 Å². The normalized spacial score (nSPS) is 11.6. The van der Waals surface area contributed by atoms with E-state index in [4.69, 9.17) is 17.3 Å². The summed E-state index contributed by atoms with van der Waals surface area (Å²) >= 11 is 6.67. The van der Waals surface area contributed by atoms with E-state index >= 15 is 0 Å². The highest BCUT2D eigenvalue weighted by molar-refractivity contribution is 7.89. The molecule has 0 aliphatic rings. The van der Waals surface area contributed by atoms with Gasteiger partial charge in [-0.05, 0) is 6.07 Å². The molecule has 102 valence electrons. The number of nitrogens with one attached hydrogen (secondary N) is 2. The Labute approximate surface area is 117 Å². The first-order chi connectivity index (χ1) is 8.88. The van der Waals surface area contributed by atoms with Crippen LogP contribution in [0.25, 0.3) is 0 Å². The predicted molar refractivity (Wildman–Crippen MR) is 72.6 cm³/mol.